The van der Waals surface area contributed by atoms with Gasteiger partial charge in [0, 0.05) is 0 Å². The van der Waals surface area contributed by atoms with Crippen LogP contribution in [0.4, 0.5) is 4.39 Å². The summed E-state index contributed by atoms with van der Waals surface area (Å²) in [4.78, 5) is 11.3. The largest absolute Gasteiger partial charge is 0.480 e. The molecular formula is C13H13FN2O3. The molecule has 0 unspecified atom stereocenters. The van der Waals surface area contributed by atoms with E-state index >= 15 is 0 Å². The summed E-state index contributed by atoms with van der Waals surface area (Å²) >= 11 is 0. The van der Waals surface area contributed by atoms with Gasteiger partial charge < -0.3 is 9.84 Å². The van der Waals surface area contributed by atoms with Crippen LogP contribution < -0.4 is 4.74 Å². The first-order valence-corrected chi connectivity index (χ1v) is 5.73. The average Bonchev–Trinajstić information content (AvgIpc) is 2.77. The lowest BCUT2D eigenvalue weighted by atomic mass is 10.2. The van der Waals surface area contributed by atoms with E-state index in [1.165, 1.54) is 30.0 Å². The van der Waals surface area contributed by atoms with Gasteiger partial charge in [-0.15, -0.1) is 0 Å². The van der Waals surface area contributed by atoms with Gasteiger partial charge in [0.05, 0.1) is 18.5 Å². The van der Waals surface area contributed by atoms with Crippen LogP contribution in [0.15, 0.2) is 24.3 Å². The summed E-state index contributed by atoms with van der Waals surface area (Å²) in [6.07, 6.45) is 0.445. The molecule has 0 saturated carbocycles. The molecular weight excluding hydrogens is 251 g/mol. The Morgan fingerprint density at radius 1 is 1.53 bits per heavy atom. The van der Waals surface area contributed by atoms with E-state index in [9.17, 15) is 14.3 Å². The molecule has 0 radical (unpaired) electrons. The van der Waals surface area contributed by atoms with Gasteiger partial charge >= 0.3 is 5.97 Å². The van der Waals surface area contributed by atoms with Crippen LogP contribution in [0, 0.1) is 5.82 Å². The van der Waals surface area contributed by atoms with E-state index in [1.54, 1.807) is 13.0 Å². The van der Waals surface area contributed by atoms with E-state index in [2.05, 4.69) is 5.10 Å². The predicted octanol–water partition coefficient (Wildman–Crippen LogP) is 2.28. The fourth-order valence-electron chi connectivity index (χ4n) is 1.88. The summed E-state index contributed by atoms with van der Waals surface area (Å²) in [5.41, 5.74) is 0.821. The maximum atomic E-state index is 13.2. The highest BCUT2D eigenvalue weighted by molar-refractivity contribution is 5.92. The second kappa shape index (κ2) is 5.09. The number of benzene rings is 1. The zero-order valence-corrected chi connectivity index (χ0v) is 10.6. The van der Waals surface area contributed by atoms with Crippen LogP contribution in [-0.2, 0) is 6.42 Å². The highest BCUT2D eigenvalue weighted by atomic mass is 19.1. The fourth-order valence-corrected chi connectivity index (χ4v) is 1.88. The Labute approximate surface area is 109 Å². The Morgan fingerprint density at radius 2 is 2.26 bits per heavy atom. The summed E-state index contributed by atoms with van der Waals surface area (Å²) in [6.45, 7) is 1.80. The van der Waals surface area contributed by atoms with E-state index in [4.69, 9.17) is 4.74 Å². The summed E-state index contributed by atoms with van der Waals surface area (Å²) in [6, 6.07) is 5.72. The smallest absolute Gasteiger partial charge is 0.343 e. The third kappa shape index (κ3) is 2.29. The lowest BCUT2D eigenvalue weighted by Gasteiger charge is -2.06. The predicted molar refractivity (Wildman–Crippen MR) is 66.4 cm³/mol. The molecule has 2 rings (SSSR count). The van der Waals surface area contributed by atoms with Crippen molar-refractivity contribution in [1.82, 2.24) is 9.78 Å². The number of aromatic carboxylic acids is 1. The minimum absolute atomic E-state index is 0.00858. The molecule has 0 amide bonds. The van der Waals surface area contributed by atoms with E-state index in [0.717, 1.165) is 0 Å². The second-order valence-electron chi connectivity index (χ2n) is 3.88. The van der Waals surface area contributed by atoms with E-state index in [0.29, 0.717) is 17.8 Å². The minimum Gasteiger partial charge on any atom is -0.480 e. The molecule has 0 fully saturated rings. The number of aryl methyl sites for hydroxylation is 1. The first-order valence-electron chi connectivity index (χ1n) is 5.73. The van der Waals surface area contributed by atoms with Crippen molar-refractivity contribution in [1.29, 1.82) is 0 Å². The Hall–Kier alpha value is -2.37. The highest BCUT2D eigenvalue weighted by Crippen LogP contribution is 2.26. The number of ether oxygens (including phenoxy) is 1. The molecule has 0 atom stereocenters. The standard InChI is InChI=1S/C13H13FN2O3/c1-3-10-11(13(17)18)12(19-2)16(15-10)9-6-4-5-8(14)7-9/h4-7H,3H2,1-2H3,(H,17,18). The Morgan fingerprint density at radius 3 is 2.79 bits per heavy atom. The third-order valence-electron chi connectivity index (χ3n) is 2.71. The van der Waals surface area contributed by atoms with Crippen molar-refractivity contribution in [3.63, 3.8) is 0 Å². The monoisotopic (exact) mass is 264 g/mol. The van der Waals surface area contributed by atoms with Crippen molar-refractivity contribution >= 4 is 5.97 Å². The van der Waals surface area contributed by atoms with E-state index < -0.39 is 11.8 Å². The molecule has 1 heterocycles. The van der Waals surface area contributed by atoms with Gasteiger partial charge in [-0.1, -0.05) is 13.0 Å². The van der Waals surface area contributed by atoms with Crippen molar-refractivity contribution in [2.75, 3.05) is 7.11 Å². The van der Waals surface area contributed by atoms with Crippen molar-refractivity contribution in [3.8, 4) is 11.6 Å². The molecule has 1 aromatic carbocycles. The maximum absolute atomic E-state index is 13.2. The van der Waals surface area contributed by atoms with Gasteiger partial charge in [0.1, 0.15) is 11.4 Å². The number of rotatable bonds is 4. The number of hydrogen-bond donors (Lipinski definition) is 1. The van der Waals surface area contributed by atoms with Crippen LogP contribution in [0.1, 0.15) is 23.0 Å². The molecule has 6 heteroatoms. The zero-order chi connectivity index (χ0) is 14.0. The molecule has 0 aliphatic carbocycles. The Balaban J connectivity index is 2.67. The van der Waals surface area contributed by atoms with E-state index in [1.807, 2.05) is 0 Å². The lowest BCUT2D eigenvalue weighted by molar-refractivity contribution is 0.0692. The topological polar surface area (TPSA) is 64.4 Å². The maximum Gasteiger partial charge on any atom is 0.343 e. The minimum atomic E-state index is -1.11. The number of methoxy groups -OCH3 is 1. The lowest BCUT2D eigenvalue weighted by Crippen LogP contribution is -2.03. The molecule has 0 spiro atoms. The number of hydrogen-bond acceptors (Lipinski definition) is 3. The van der Waals surface area contributed by atoms with Gasteiger partial charge in [0.15, 0.2) is 0 Å². The Kier molecular flexibility index (Phi) is 3.50. The van der Waals surface area contributed by atoms with Gasteiger partial charge in [0.25, 0.3) is 0 Å². The number of nitrogens with zero attached hydrogens (tertiary/aromatic N) is 2. The van der Waals surface area contributed by atoms with Crippen LogP contribution in [0.5, 0.6) is 5.88 Å². The molecule has 100 valence electrons. The fraction of sp³-hybridized carbons (Fsp3) is 0.231. The molecule has 0 aliphatic rings. The third-order valence-corrected chi connectivity index (χ3v) is 2.71. The molecule has 0 aliphatic heterocycles. The molecule has 0 bridgehead atoms. The first kappa shape index (κ1) is 13.1. The van der Waals surface area contributed by atoms with Crippen molar-refractivity contribution < 1.29 is 19.0 Å². The summed E-state index contributed by atoms with van der Waals surface area (Å²) in [7, 11) is 1.36. The quantitative estimate of drug-likeness (QED) is 0.920. The van der Waals surface area contributed by atoms with E-state index in [-0.39, 0.29) is 11.4 Å². The number of halogens is 1. The van der Waals surface area contributed by atoms with Crippen molar-refractivity contribution in [2.45, 2.75) is 13.3 Å². The van der Waals surface area contributed by atoms with Gasteiger partial charge in [0.2, 0.25) is 5.88 Å². The molecule has 0 saturated heterocycles. The number of carboxylic acids is 1. The SMILES string of the molecule is CCc1nn(-c2cccc(F)c2)c(OC)c1C(=O)O. The van der Waals surface area contributed by atoms with Crippen LogP contribution >= 0.6 is 0 Å². The molecule has 19 heavy (non-hydrogen) atoms. The first-order chi connectivity index (χ1) is 9.08. The molecule has 1 aromatic heterocycles. The van der Waals surface area contributed by atoms with Gasteiger partial charge in [-0.2, -0.15) is 9.78 Å². The number of carbonyl (C=O) groups is 1. The zero-order valence-electron chi connectivity index (χ0n) is 10.6. The summed E-state index contributed by atoms with van der Waals surface area (Å²) in [5.74, 6) is -1.45. The highest BCUT2D eigenvalue weighted by Gasteiger charge is 2.24. The number of aromatic nitrogens is 2. The average molecular weight is 264 g/mol. The van der Waals surface area contributed by atoms with Crippen molar-refractivity contribution in [3.05, 3.63) is 41.3 Å². The molecule has 2 aromatic rings. The van der Waals surface area contributed by atoms with Gasteiger partial charge in [-0.05, 0) is 24.6 Å². The van der Waals surface area contributed by atoms with Crippen LogP contribution in [0.3, 0.4) is 0 Å². The van der Waals surface area contributed by atoms with Crippen LogP contribution in [0.2, 0.25) is 0 Å². The molecule has 5 nitrogen and oxygen atoms in total. The summed E-state index contributed by atoms with van der Waals surface area (Å²) in [5, 5.41) is 13.4. The van der Waals surface area contributed by atoms with Gasteiger partial charge in [-0.3, -0.25) is 0 Å². The molecule has 1 N–H and O–H groups in total. The summed E-state index contributed by atoms with van der Waals surface area (Å²) < 4.78 is 19.6. The van der Waals surface area contributed by atoms with Crippen molar-refractivity contribution in [2.24, 2.45) is 0 Å². The normalized spacial score (nSPS) is 10.5. The number of carboxylic acid groups (broad SMARTS) is 1. The van der Waals surface area contributed by atoms with Crippen LogP contribution in [-0.4, -0.2) is 28.0 Å². The second-order valence-corrected chi connectivity index (χ2v) is 3.88. The van der Waals surface area contributed by atoms with Crippen LogP contribution in [0.25, 0.3) is 5.69 Å². The Bertz CT molecular complexity index is 622. The van der Waals surface area contributed by atoms with Gasteiger partial charge in [-0.25, -0.2) is 9.18 Å².